The molecule has 1 unspecified atom stereocenters. The summed E-state index contributed by atoms with van der Waals surface area (Å²) in [5, 5.41) is 3.29. The third-order valence-electron chi connectivity index (χ3n) is 4.08. The standard InChI is InChI=1S/C15H23N3O2/c1-10-11(2)13(20-3)5-4-12(10)14(15(16)19)18-8-6-17-7-9-18/h4-5,14,17H,6-9H2,1-3H3,(H2,16,19). The van der Waals surface area contributed by atoms with E-state index in [2.05, 4.69) is 10.2 Å². The Balaban J connectivity index is 2.39. The minimum absolute atomic E-state index is 0.292. The highest BCUT2D eigenvalue weighted by Gasteiger charge is 2.28. The monoisotopic (exact) mass is 277 g/mol. The predicted molar refractivity (Wildman–Crippen MR) is 78.8 cm³/mol. The summed E-state index contributed by atoms with van der Waals surface area (Å²) < 4.78 is 5.33. The van der Waals surface area contributed by atoms with Crippen molar-refractivity contribution in [1.29, 1.82) is 0 Å². The maximum atomic E-state index is 11.9. The summed E-state index contributed by atoms with van der Waals surface area (Å²) in [7, 11) is 1.66. The van der Waals surface area contributed by atoms with Crippen LogP contribution in [-0.4, -0.2) is 44.1 Å². The van der Waals surface area contributed by atoms with E-state index in [-0.39, 0.29) is 11.9 Å². The molecule has 5 heteroatoms. The molecule has 1 aromatic rings. The fourth-order valence-corrected chi connectivity index (χ4v) is 2.80. The number of hydrogen-bond acceptors (Lipinski definition) is 4. The first kappa shape index (κ1) is 14.8. The highest BCUT2D eigenvalue weighted by Crippen LogP contribution is 2.30. The van der Waals surface area contributed by atoms with Crippen LogP contribution in [-0.2, 0) is 4.79 Å². The average Bonchev–Trinajstić information content (AvgIpc) is 2.45. The van der Waals surface area contributed by atoms with Crippen molar-refractivity contribution in [3.8, 4) is 5.75 Å². The summed E-state index contributed by atoms with van der Waals surface area (Å²) >= 11 is 0. The molecule has 1 saturated heterocycles. The summed E-state index contributed by atoms with van der Waals surface area (Å²) in [6.45, 7) is 7.46. The lowest BCUT2D eigenvalue weighted by molar-refractivity contribution is -0.123. The lowest BCUT2D eigenvalue weighted by atomic mass is 9.95. The second-order valence-electron chi connectivity index (χ2n) is 5.20. The highest BCUT2D eigenvalue weighted by molar-refractivity contribution is 5.82. The van der Waals surface area contributed by atoms with Crippen LogP contribution in [0.5, 0.6) is 5.75 Å². The Kier molecular flexibility index (Phi) is 4.62. The van der Waals surface area contributed by atoms with Gasteiger partial charge in [0, 0.05) is 26.2 Å². The van der Waals surface area contributed by atoms with E-state index in [1.807, 2.05) is 26.0 Å². The van der Waals surface area contributed by atoms with Crippen molar-refractivity contribution in [2.24, 2.45) is 5.73 Å². The fourth-order valence-electron chi connectivity index (χ4n) is 2.80. The van der Waals surface area contributed by atoms with E-state index < -0.39 is 0 Å². The molecular weight excluding hydrogens is 254 g/mol. The van der Waals surface area contributed by atoms with Crippen molar-refractivity contribution in [1.82, 2.24) is 10.2 Å². The first-order chi connectivity index (χ1) is 9.56. The normalized spacial score (nSPS) is 17.8. The number of rotatable bonds is 4. The van der Waals surface area contributed by atoms with Gasteiger partial charge in [0.2, 0.25) is 5.91 Å². The first-order valence-electron chi connectivity index (χ1n) is 6.94. The molecule has 0 aliphatic carbocycles. The maximum Gasteiger partial charge on any atom is 0.239 e. The van der Waals surface area contributed by atoms with Gasteiger partial charge in [0.1, 0.15) is 11.8 Å². The van der Waals surface area contributed by atoms with Gasteiger partial charge in [-0.15, -0.1) is 0 Å². The van der Waals surface area contributed by atoms with E-state index in [0.717, 1.165) is 48.6 Å². The molecule has 0 bridgehead atoms. The fraction of sp³-hybridized carbons (Fsp3) is 0.533. The Hall–Kier alpha value is -1.59. The van der Waals surface area contributed by atoms with Crippen LogP contribution >= 0.6 is 0 Å². The summed E-state index contributed by atoms with van der Waals surface area (Å²) in [5.74, 6) is 0.550. The molecule has 1 aromatic carbocycles. The molecule has 1 aliphatic heterocycles. The van der Waals surface area contributed by atoms with Gasteiger partial charge in [-0.25, -0.2) is 0 Å². The zero-order valence-electron chi connectivity index (χ0n) is 12.4. The van der Waals surface area contributed by atoms with Gasteiger partial charge in [-0.05, 0) is 36.6 Å². The van der Waals surface area contributed by atoms with Crippen LogP contribution in [0.15, 0.2) is 12.1 Å². The molecular formula is C15H23N3O2. The van der Waals surface area contributed by atoms with Gasteiger partial charge in [0.05, 0.1) is 7.11 Å². The van der Waals surface area contributed by atoms with Gasteiger partial charge in [-0.3, -0.25) is 9.69 Å². The number of nitrogens with zero attached hydrogens (tertiary/aromatic N) is 1. The predicted octanol–water partition coefficient (Wildman–Crippen LogP) is 0.744. The molecule has 20 heavy (non-hydrogen) atoms. The third-order valence-corrected chi connectivity index (χ3v) is 4.08. The molecule has 1 heterocycles. The smallest absolute Gasteiger partial charge is 0.239 e. The van der Waals surface area contributed by atoms with Gasteiger partial charge in [0.25, 0.3) is 0 Å². The molecule has 1 atom stereocenters. The van der Waals surface area contributed by atoms with Crippen LogP contribution in [0.1, 0.15) is 22.7 Å². The Morgan fingerprint density at radius 2 is 1.95 bits per heavy atom. The number of nitrogens with two attached hydrogens (primary N) is 1. The zero-order chi connectivity index (χ0) is 14.7. The van der Waals surface area contributed by atoms with Crippen LogP contribution in [0.2, 0.25) is 0 Å². The Labute approximate surface area is 120 Å². The van der Waals surface area contributed by atoms with E-state index >= 15 is 0 Å². The van der Waals surface area contributed by atoms with E-state index in [9.17, 15) is 4.79 Å². The number of amides is 1. The molecule has 0 saturated carbocycles. The number of ether oxygens (including phenoxy) is 1. The largest absolute Gasteiger partial charge is 0.496 e. The van der Waals surface area contributed by atoms with E-state index in [1.165, 1.54) is 0 Å². The van der Waals surface area contributed by atoms with E-state index in [0.29, 0.717) is 0 Å². The molecule has 2 rings (SSSR count). The molecule has 1 amide bonds. The average molecular weight is 277 g/mol. The van der Waals surface area contributed by atoms with Gasteiger partial charge < -0.3 is 15.8 Å². The molecule has 0 spiro atoms. The van der Waals surface area contributed by atoms with E-state index in [4.69, 9.17) is 10.5 Å². The number of piperazine rings is 1. The first-order valence-corrected chi connectivity index (χ1v) is 6.94. The lowest BCUT2D eigenvalue weighted by Crippen LogP contribution is -2.48. The van der Waals surface area contributed by atoms with Gasteiger partial charge >= 0.3 is 0 Å². The topological polar surface area (TPSA) is 67.6 Å². The quantitative estimate of drug-likeness (QED) is 0.852. The molecule has 1 aliphatic rings. The van der Waals surface area contributed by atoms with E-state index in [1.54, 1.807) is 7.11 Å². The highest BCUT2D eigenvalue weighted by atomic mass is 16.5. The second-order valence-corrected chi connectivity index (χ2v) is 5.20. The summed E-state index contributed by atoms with van der Waals surface area (Å²) in [6.07, 6.45) is 0. The number of carbonyl (C=O) groups is 1. The maximum absolute atomic E-state index is 11.9. The van der Waals surface area contributed by atoms with Crippen molar-refractivity contribution in [2.75, 3.05) is 33.3 Å². The molecule has 0 radical (unpaired) electrons. The summed E-state index contributed by atoms with van der Waals surface area (Å²) in [5.41, 5.74) is 8.78. The SMILES string of the molecule is COc1ccc(C(C(N)=O)N2CCNCC2)c(C)c1C. The molecule has 1 fully saturated rings. The van der Waals surface area contributed by atoms with Crippen molar-refractivity contribution in [3.05, 3.63) is 28.8 Å². The minimum Gasteiger partial charge on any atom is -0.496 e. The Bertz CT molecular complexity index is 496. The number of benzene rings is 1. The number of nitrogens with one attached hydrogen (secondary N) is 1. The molecule has 5 nitrogen and oxygen atoms in total. The van der Waals surface area contributed by atoms with Crippen molar-refractivity contribution in [3.63, 3.8) is 0 Å². The van der Waals surface area contributed by atoms with Crippen LogP contribution < -0.4 is 15.8 Å². The Morgan fingerprint density at radius 3 is 2.50 bits per heavy atom. The van der Waals surface area contributed by atoms with Gasteiger partial charge in [-0.1, -0.05) is 6.07 Å². The zero-order valence-corrected chi connectivity index (χ0v) is 12.4. The number of methoxy groups -OCH3 is 1. The number of carbonyl (C=O) groups excluding carboxylic acids is 1. The Morgan fingerprint density at radius 1 is 1.30 bits per heavy atom. The molecule has 110 valence electrons. The van der Waals surface area contributed by atoms with Crippen molar-refractivity contribution in [2.45, 2.75) is 19.9 Å². The van der Waals surface area contributed by atoms with Crippen LogP contribution in [0.4, 0.5) is 0 Å². The molecule has 3 N–H and O–H groups in total. The van der Waals surface area contributed by atoms with Gasteiger partial charge in [-0.2, -0.15) is 0 Å². The second kappa shape index (κ2) is 6.24. The molecule has 0 aromatic heterocycles. The summed E-state index contributed by atoms with van der Waals surface area (Å²) in [6, 6.07) is 3.51. The van der Waals surface area contributed by atoms with Gasteiger partial charge in [0.15, 0.2) is 0 Å². The minimum atomic E-state index is -0.360. The van der Waals surface area contributed by atoms with Crippen LogP contribution in [0.3, 0.4) is 0 Å². The summed E-state index contributed by atoms with van der Waals surface area (Å²) in [4.78, 5) is 14.1. The third kappa shape index (κ3) is 2.78. The van der Waals surface area contributed by atoms with Crippen molar-refractivity contribution < 1.29 is 9.53 Å². The lowest BCUT2D eigenvalue weighted by Gasteiger charge is -2.34. The number of primary amides is 1. The van der Waals surface area contributed by atoms with Crippen molar-refractivity contribution >= 4 is 5.91 Å². The van der Waals surface area contributed by atoms with Crippen LogP contribution in [0.25, 0.3) is 0 Å². The number of hydrogen-bond donors (Lipinski definition) is 2. The van der Waals surface area contributed by atoms with Crippen LogP contribution in [0, 0.1) is 13.8 Å².